The first-order chi connectivity index (χ1) is 5.75. The summed E-state index contributed by atoms with van der Waals surface area (Å²) in [4.78, 5) is 10.1. The Morgan fingerprint density at radius 3 is 2.00 bits per heavy atom. The topological polar surface area (TPSA) is 89.3 Å². The van der Waals surface area contributed by atoms with Gasteiger partial charge in [0.05, 0.1) is 0 Å². The highest BCUT2D eigenvalue weighted by Crippen LogP contribution is 2.21. The van der Waals surface area contributed by atoms with E-state index in [1.54, 1.807) is 0 Å². The van der Waals surface area contributed by atoms with E-state index in [4.69, 9.17) is 16.6 Å². The predicted molar refractivity (Wildman–Crippen MR) is 46.1 cm³/mol. The summed E-state index contributed by atoms with van der Waals surface area (Å²) in [5, 5.41) is 8.25. The molecule has 5 N–H and O–H groups in total. The standard InChI is InChI=1S/C6H11F3N2O2.ClH/c7-6(8,9)4(11)2-1-3(10)5(12)13;/h3-4H,1-2,10-11H2,(H,12,13);1H/t3-,4-;/m1./s1. The molecule has 0 heterocycles. The Morgan fingerprint density at radius 1 is 1.29 bits per heavy atom. The van der Waals surface area contributed by atoms with Crippen LogP contribution in [0.15, 0.2) is 0 Å². The Kier molecular flexibility index (Phi) is 6.88. The Morgan fingerprint density at radius 2 is 1.71 bits per heavy atom. The number of aliphatic carboxylic acids is 1. The maximum absolute atomic E-state index is 11.8. The van der Waals surface area contributed by atoms with E-state index in [9.17, 15) is 18.0 Å². The minimum absolute atomic E-state index is 0. The van der Waals surface area contributed by atoms with E-state index in [0.717, 1.165) is 0 Å². The molecule has 0 saturated heterocycles. The number of hydrogen-bond donors (Lipinski definition) is 3. The van der Waals surface area contributed by atoms with Crippen LogP contribution in [0.3, 0.4) is 0 Å². The van der Waals surface area contributed by atoms with Crippen molar-refractivity contribution in [1.29, 1.82) is 0 Å². The molecule has 0 radical (unpaired) electrons. The fraction of sp³-hybridized carbons (Fsp3) is 0.833. The molecule has 0 amide bonds. The lowest BCUT2D eigenvalue weighted by molar-refractivity contribution is -0.151. The zero-order chi connectivity index (χ0) is 10.6. The Hall–Kier alpha value is -0.530. The van der Waals surface area contributed by atoms with E-state index in [1.807, 2.05) is 0 Å². The van der Waals surface area contributed by atoms with E-state index in [1.165, 1.54) is 0 Å². The van der Waals surface area contributed by atoms with Gasteiger partial charge in [-0.05, 0) is 12.8 Å². The third-order valence-electron chi connectivity index (χ3n) is 1.53. The van der Waals surface area contributed by atoms with Crippen LogP contribution >= 0.6 is 12.4 Å². The van der Waals surface area contributed by atoms with Crippen LogP contribution in [-0.2, 0) is 4.79 Å². The van der Waals surface area contributed by atoms with Crippen molar-refractivity contribution in [2.75, 3.05) is 0 Å². The Balaban J connectivity index is 0. The van der Waals surface area contributed by atoms with Gasteiger partial charge in [-0.1, -0.05) is 0 Å². The van der Waals surface area contributed by atoms with Gasteiger partial charge in [0.1, 0.15) is 12.1 Å². The predicted octanol–water partition coefficient (Wildman–Crippen LogP) is 0.490. The highest BCUT2D eigenvalue weighted by atomic mass is 35.5. The second-order valence-corrected chi connectivity index (χ2v) is 2.67. The van der Waals surface area contributed by atoms with Gasteiger partial charge in [0.2, 0.25) is 0 Å². The Labute approximate surface area is 84.8 Å². The van der Waals surface area contributed by atoms with Crippen molar-refractivity contribution in [1.82, 2.24) is 0 Å². The summed E-state index contributed by atoms with van der Waals surface area (Å²) >= 11 is 0. The van der Waals surface area contributed by atoms with Crippen LogP contribution in [0.5, 0.6) is 0 Å². The number of carboxylic acids is 1. The molecule has 0 saturated carbocycles. The van der Waals surface area contributed by atoms with Gasteiger partial charge in [-0.25, -0.2) is 0 Å². The monoisotopic (exact) mass is 236 g/mol. The maximum atomic E-state index is 11.8. The number of rotatable bonds is 4. The van der Waals surface area contributed by atoms with Gasteiger partial charge >= 0.3 is 12.1 Å². The molecule has 0 unspecified atom stereocenters. The normalized spacial score (nSPS) is 15.5. The van der Waals surface area contributed by atoms with Gasteiger partial charge in [0, 0.05) is 0 Å². The third-order valence-corrected chi connectivity index (χ3v) is 1.53. The lowest BCUT2D eigenvalue weighted by Gasteiger charge is -2.16. The zero-order valence-corrected chi connectivity index (χ0v) is 7.94. The Bertz CT molecular complexity index is 188. The molecule has 0 aliphatic rings. The van der Waals surface area contributed by atoms with E-state index < -0.39 is 30.7 Å². The number of hydrogen-bond acceptors (Lipinski definition) is 3. The van der Waals surface area contributed by atoms with Crippen molar-refractivity contribution in [3.8, 4) is 0 Å². The first-order valence-corrected chi connectivity index (χ1v) is 3.56. The highest BCUT2D eigenvalue weighted by molar-refractivity contribution is 5.85. The summed E-state index contributed by atoms with van der Waals surface area (Å²) in [7, 11) is 0. The molecule has 0 rings (SSSR count). The number of halogens is 4. The molecule has 8 heteroatoms. The molecule has 86 valence electrons. The van der Waals surface area contributed by atoms with Gasteiger partial charge in [-0.2, -0.15) is 13.2 Å². The van der Waals surface area contributed by atoms with Gasteiger partial charge in [-0.15, -0.1) is 12.4 Å². The van der Waals surface area contributed by atoms with Crippen LogP contribution in [0.2, 0.25) is 0 Å². The number of nitrogens with two attached hydrogens (primary N) is 2. The SMILES string of the molecule is Cl.N[C@H](CC[C@@H](N)C(F)(F)F)C(=O)O. The first-order valence-electron chi connectivity index (χ1n) is 3.56. The van der Waals surface area contributed by atoms with E-state index in [0.29, 0.717) is 0 Å². The summed E-state index contributed by atoms with van der Waals surface area (Å²) in [6.45, 7) is 0. The van der Waals surface area contributed by atoms with E-state index >= 15 is 0 Å². The molecule has 0 aliphatic heterocycles. The second-order valence-electron chi connectivity index (χ2n) is 2.67. The zero-order valence-electron chi connectivity index (χ0n) is 7.12. The summed E-state index contributed by atoms with van der Waals surface area (Å²) < 4.78 is 35.4. The molecule has 0 aromatic carbocycles. The van der Waals surface area contributed by atoms with Crippen LogP contribution in [-0.4, -0.2) is 29.3 Å². The molecule has 0 aromatic rings. The molecule has 14 heavy (non-hydrogen) atoms. The minimum atomic E-state index is -4.49. The van der Waals surface area contributed by atoms with Crippen molar-refractivity contribution >= 4 is 18.4 Å². The molecule has 0 aromatic heterocycles. The lowest BCUT2D eigenvalue weighted by atomic mass is 10.1. The average molecular weight is 237 g/mol. The minimum Gasteiger partial charge on any atom is -0.480 e. The number of alkyl halides is 3. The fourth-order valence-corrected chi connectivity index (χ4v) is 0.646. The first kappa shape index (κ1) is 15.9. The van der Waals surface area contributed by atoms with Crippen LogP contribution < -0.4 is 11.5 Å². The molecule has 0 bridgehead atoms. The summed E-state index contributed by atoms with van der Waals surface area (Å²) in [6, 6.07) is -3.29. The van der Waals surface area contributed by atoms with Gasteiger partial charge in [0.25, 0.3) is 0 Å². The van der Waals surface area contributed by atoms with Crippen molar-refractivity contribution in [3.05, 3.63) is 0 Å². The van der Waals surface area contributed by atoms with Gasteiger partial charge in [-0.3, -0.25) is 4.79 Å². The molecule has 4 nitrogen and oxygen atoms in total. The smallest absolute Gasteiger partial charge is 0.403 e. The van der Waals surface area contributed by atoms with Crippen molar-refractivity contribution in [2.45, 2.75) is 31.1 Å². The van der Waals surface area contributed by atoms with Gasteiger partial charge < -0.3 is 16.6 Å². The molecule has 0 aliphatic carbocycles. The third kappa shape index (κ3) is 6.01. The molecular formula is C6H12ClF3N2O2. The average Bonchev–Trinajstić information content (AvgIpc) is 1.97. The quantitative estimate of drug-likeness (QED) is 0.663. The molecular weight excluding hydrogens is 225 g/mol. The van der Waals surface area contributed by atoms with Crippen LogP contribution in [0.4, 0.5) is 13.2 Å². The van der Waals surface area contributed by atoms with Crippen molar-refractivity contribution in [2.24, 2.45) is 11.5 Å². The summed E-state index contributed by atoms with van der Waals surface area (Å²) in [5.74, 6) is -1.32. The highest BCUT2D eigenvalue weighted by Gasteiger charge is 2.36. The largest absolute Gasteiger partial charge is 0.480 e. The van der Waals surface area contributed by atoms with E-state index in [2.05, 4.69) is 0 Å². The second kappa shape index (κ2) is 6.05. The van der Waals surface area contributed by atoms with Crippen molar-refractivity contribution < 1.29 is 23.1 Å². The molecule has 0 fully saturated rings. The number of carboxylic acid groups (broad SMARTS) is 1. The molecule has 0 spiro atoms. The molecule has 2 atom stereocenters. The van der Waals surface area contributed by atoms with Gasteiger partial charge in [0.15, 0.2) is 0 Å². The summed E-state index contributed by atoms with van der Waals surface area (Å²) in [5.41, 5.74) is 9.71. The summed E-state index contributed by atoms with van der Waals surface area (Å²) in [6.07, 6.45) is -5.24. The van der Waals surface area contributed by atoms with Crippen LogP contribution in [0.1, 0.15) is 12.8 Å². The van der Waals surface area contributed by atoms with Crippen LogP contribution in [0.25, 0.3) is 0 Å². The number of carbonyl (C=O) groups is 1. The maximum Gasteiger partial charge on any atom is 0.403 e. The van der Waals surface area contributed by atoms with Crippen molar-refractivity contribution in [3.63, 3.8) is 0 Å². The van der Waals surface area contributed by atoms with E-state index in [-0.39, 0.29) is 18.8 Å². The van der Waals surface area contributed by atoms with Crippen LogP contribution in [0, 0.1) is 0 Å². The fourth-order valence-electron chi connectivity index (χ4n) is 0.646. The lowest BCUT2D eigenvalue weighted by Crippen LogP contribution is -2.40.